The average molecular weight is 422 g/mol. The first-order chi connectivity index (χ1) is 14.1. The number of carbonyl (C=O) groups is 1. The Balaban J connectivity index is 1.71. The Hall–Kier alpha value is -3.17. The first-order valence-corrected chi connectivity index (χ1v) is 9.29. The van der Waals surface area contributed by atoms with Crippen LogP contribution in [0.15, 0.2) is 30.5 Å². The Bertz CT molecular complexity index is 1130. The first-order valence-electron chi connectivity index (χ1n) is 9.29. The van der Waals surface area contributed by atoms with Gasteiger partial charge in [0.1, 0.15) is 18.1 Å². The number of carboxylic acid groups (broad SMARTS) is 1. The Morgan fingerprint density at radius 3 is 2.80 bits per heavy atom. The number of anilines is 1. The lowest BCUT2D eigenvalue weighted by Gasteiger charge is -2.32. The molecule has 1 aliphatic carbocycles. The zero-order chi connectivity index (χ0) is 21.6. The summed E-state index contributed by atoms with van der Waals surface area (Å²) in [5.41, 5.74) is 1.23. The van der Waals surface area contributed by atoms with Crippen molar-refractivity contribution in [2.75, 3.05) is 11.9 Å². The number of benzene rings is 1. The summed E-state index contributed by atoms with van der Waals surface area (Å²) in [5, 5.41) is 9.89. The smallest absolute Gasteiger partial charge is 0.433 e. The zero-order valence-electron chi connectivity index (χ0n) is 15.9. The fraction of sp³-hybridized carbons (Fsp3) is 0.350. The molecular formula is C20H18F4N4O2. The zero-order valence-corrected chi connectivity index (χ0v) is 15.9. The van der Waals surface area contributed by atoms with Gasteiger partial charge in [0.25, 0.3) is 0 Å². The summed E-state index contributed by atoms with van der Waals surface area (Å²) < 4.78 is 54.5. The van der Waals surface area contributed by atoms with Gasteiger partial charge in [0.2, 0.25) is 5.95 Å². The van der Waals surface area contributed by atoms with Crippen LogP contribution in [0, 0.1) is 5.82 Å². The van der Waals surface area contributed by atoms with E-state index in [2.05, 4.69) is 9.97 Å². The molecule has 1 aliphatic rings. The molecule has 0 aliphatic heterocycles. The number of fused-ring (bicyclic) bond motifs is 3. The summed E-state index contributed by atoms with van der Waals surface area (Å²) in [5.74, 6) is -1.48. The predicted octanol–water partition coefficient (Wildman–Crippen LogP) is 3.67. The fourth-order valence-electron chi connectivity index (χ4n) is 4.09. The second kappa shape index (κ2) is 7.26. The van der Waals surface area contributed by atoms with Gasteiger partial charge < -0.3 is 14.6 Å². The van der Waals surface area contributed by atoms with E-state index in [0.717, 1.165) is 23.5 Å². The van der Waals surface area contributed by atoms with E-state index in [1.54, 1.807) is 22.6 Å². The van der Waals surface area contributed by atoms with Crippen LogP contribution in [-0.4, -0.2) is 38.7 Å². The maximum atomic E-state index is 13.9. The summed E-state index contributed by atoms with van der Waals surface area (Å²) in [6, 6.07) is 4.81. The molecule has 2 heterocycles. The monoisotopic (exact) mass is 422 g/mol. The second-order valence-electron chi connectivity index (χ2n) is 7.31. The van der Waals surface area contributed by atoms with Crippen molar-refractivity contribution in [2.45, 2.75) is 38.0 Å². The molecule has 1 N–H and O–H groups in total. The van der Waals surface area contributed by atoms with E-state index >= 15 is 0 Å². The molecule has 2 aromatic heterocycles. The molecule has 3 aromatic rings. The maximum absolute atomic E-state index is 13.9. The molecule has 0 spiro atoms. The highest BCUT2D eigenvalue weighted by Crippen LogP contribution is 2.35. The van der Waals surface area contributed by atoms with Crippen molar-refractivity contribution in [2.24, 2.45) is 0 Å². The number of rotatable bonds is 4. The van der Waals surface area contributed by atoms with Crippen molar-refractivity contribution in [3.8, 4) is 0 Å². The molecule has 10 heteroatoms. The Kier molecular flexibility index (Phi) is 4.87. The second-order valence-corrected chi connectivity index (χ2v) is 7.31. The molecule has 0 fully saturated rings. The molecule has 158 valence electrons. The third-order valence-electron chi connectivity index (χ3n) is 5.49. The van der Waals surface area contributed by atoms with Crippen LogP contribution in [0.4, 0.5) is 23.5 Å². The van der Waals surface area contributed by atoms with Crippen molar-refractivity contribution in [1.29, 1.82) is 0 Å². The maximum Gasteiger partial charge on any atom is 0.433 e. The van der Waals surface area contributed by atoms with Gasteiger partial charge in [-0.15, -0.1) is 0 Å². The lowest BCUT2D eigenvalue weighted by Crippen LogP contribution is -2.38. The van der Waals surface area contributed by atoms with E-state index in [1.807, 2.05) is 0 Å². The number of carboxylic acids is 1. The number of likely N-dealkylation sites (N-methyl/N-ethyl adjacent to an activating group) is 1. The Labute approximate surface area is 168 Å². The van der Waals surface area contributed by atoms with Gasteiger partial charge in [0.15, 0.2) is 0 Å². The standard InChI is InChI=1S/C20H18F4N4O2/c1-27(19-25-7-6-17(26-19)20(22,23)24)12-3-5-16-14(9-12)13-8-11(21)2-4-15(13)28(16)10-18(29)30/h2,4,6-8,12H,3,5,9-10H2,1H3,(H,29,30)/t12-/m0/s1. The summed E-state index contributed by atoms with van der Waals surface area (Å²) in [6.45, 7) is -0.241. The van der Waals surface area contributed by atoms with Crippen LogP contribution in [-0.2, 0) is 30.4 Å². The lowest BCUT2D eigenvalue weighted by molar-refractivity contribution is -0.141. The van der Waals surface area contributed by atoms with Gasteiger partial charge in [0.05, 0.1) is 0 Å². The van der Waals surface area contributed by atoms with Crippen LogP contribution < -0.4 is 4.90 Å². The third-order valence-corrected chi connectivity index (χ3v) is 5.49. The number of alkyl halides is 3. The van der Waals surface area contributed by atoms with Gasteiger partial charge in [-0.2, -0.15) is 13.2 Å². The largest absolute Gasteiger partial charge is 0.480 e. The molecule has 0 amide bonds. The van der Waals surface area contributed by atoms with E-state index in [1.165, 1.54) is 12.1 Å². The van der Waals surface area contributed by atoms with Crippen LogP contribution in [0.25, 0.3) is 10.9 Å². The van der Waals surface area contributed by atoms with Gasteiger partial charge in [-0.1, -0.05) is 0 Å². The quantitative estimate of drug-likeness (QED) is 0.650. The van der Waals surface area contributed by atoms with Crippen LogP contribution in [0.1, 0.15) is 23.4 Å². The number of aromatic nitrogens is 3. The van der Waals surface area contributed by atoms with Gasteiger partial charge >= 0.3 is 12.1 Å². The molecule has 6 nitrogen and oxygen atoms in total. The lowest BCUT2D eigenvalue weighted by atomic mass is 9.90. The van der Waals surface area contributed by atoms with Crippen LogP contribution in [0.5, 0.6) is 0 Å². The molecule has 0 radical (unpaired) electrons. The molecule has 0 bridgehead atoms. The van der Waals surface area contributed by atoms with Crippen molar-refractivity contribution in [3.63, 3.8) is 0 Å². The highest BCUT2D eigenvalue weighted by atomic mass is 19.4. The molecule has 4 rings (SSSR count). The molecule has 1 aromatic carbocycles. The van der Waals surface area contributed by atoms with Crippen LogP contribution in [0.2, 0.25) is 0 Å². The van der Waals surface area contributed by atoms with Crippen molar-refractivity contribution < 1.29 is 27.5 Å². The van der Waals surface area contributed by atoms with Crippen LogP contribution in [0.3, 0.4) is 0 Å². The van der Waals surface area contributed by atoms with E-state index in [-0.39, 0.29) is 18.5 Å². The minimum absolute atomic E-state index is 0.0428. The fourth-order valence-corrected chi connectivity index (χ4v) is 4.09. The number of hydrogen-bond acceptors (Lipinski definition) is 4. The Morgan fingerprint density at radius 2 is 2.10 bits per heavy atom. The van der Waals surface area contributed by atoms with E-state index in [4.69, 9.17) is 0 Å². The van der Waals surface area contributed by atoms with Gasteiger partial charge in [-0.25, -0.2) is 14.4 Å². The molecule has 30 heavy (non-hydrogen) atoms. The molecular weight excluding hydrogens is 404 g/mol. The van der Waals surface area contributed by atoms with Crippen LogP contribution >= 0.6 is 0 Å². The highest BCUT2D eigenvalue weighted by Gasteiger charge is 2.34. The molecule has 0 saturated carbocycles. The first kappa shape index (κ1) is 20.1. The number of nitrogens with zero attached hydrogens (tertiary/aromatic N) is 4. The average Bonchev–Trinajstić information content (AvgIpc) is 2.99. The van der Waals surface area contributed by atoms with E-state index < -0.39 is 23.7 Å². The van der Waals surface area contributed by atoms with E-state index in [0.29, 0.717) is 30.2 Å². The normalized spacial score (nSPS) is 16.5. The van der Waals surface area contributed by atoms with Crippen molar-refractivity contribution in [1.82, 2.24) is 14.5 Å². The van der Waals surface area contributed by atoms with Gasteiger partial charge in [-0.05, 0) is 49.1 Å². The van der Waals surface area contributed by atoms with Gasteiger partial charge in [-0.3, -0.25) is 4.79 Å². The summed E-state index contributed by atoms with van der Waals surface area (Å²) in [4.78, 5) is 20.5. The number of hydrogen-bond donors (Lipinski definition) is 1. The third kappa shape index (κ3) is 3.57. The number of halogens is 4. The molecule has 0 unspecified atom stereocenters. The highest BCUT2D eigenvalue weighted by molar-refractivity contribution is 5.87. The summed E-state index contributed by atoms with van der Waals surface area (Å²) >= 11 is 0. The summed E-state index contributed by atoms with van der Waals surface area (Å²) in [7, 11) is 1.63. The minimum Gasteiger partial charge on any atom is -0.480 e. The Morgan fingerprint density at radius 1 is 1.33 bits per heavy atom. The SMILES string of the molecule is CN(c1nccc(C(F)(F)F)n1)[C@H]1CCc2c(c3cc(F)ccc3n2CC(=O)O)C1. The predicted molar refractivity (Wildman–Crippen MR) is 101 cm³/mol. The summed E-state index contributed by atoms with van der Waals surface area (Å²) in [6.07, 6.45) is -2.00. The minimum atomic E-state index is -4.57. The van der Waals surface area contributed by atoms with Crippen molar-refractivity contribution in [3.05, 3.63) is 53.2 Å². The number of aliphatic carboxylic acids is 1. The molecule has 1 atom stereocenters. The van der Waals surface area contributed by atoms with Crippen molar-refractivity contribution >= 4 is 22.8 Å². The topological polar surface area (TPSA) is 71.2 Å². The van der Waals surface area contributed by atoms with Gasteiger partial charge in [0, 0.05) is 35.9 Å². The van der Waals surface area contributed by atoms with E-state index in [9.17, 15) is 27.5 Å². The molecule has 0 saturated heterocycles.